The molecule has 0 rings (SSSR count). The molecule has 0 aliphatic carbocycles. The molecule has 0 bridgehead atoms. The summed E-state index contributed by atoms with van der Waals surface area (Å²) < 4.78 is 27.9. The number of hydrogen-bond donors (Lipinski definition) is 1. The lowest BCUT2D eigenvalue weighted by atomic mass is 10.2. The van der Waals surface area contributed by atoms with Crippen molar-refractivity contribution in [1.82, 2.24) is 4.72 Å². The average Bonchev–Trinajstić information content (AvgIpc) is 2.01. The Labute approximate surface area is 78.5 Å². The van der Waals surface area contributed by atoms with Crippen LogP contribution in [0.1, 0.15) is 19.3 Å². The number of esters is 1. The molecular formula is C7H15NO4S. The molecule has 0 saturated heterocycles. The molecule has 0 heterocycles. The summed E-state index contributed by atoms with van der Waals surface area (Å²) in [4.78, 5) is 10.6. The summed E-state index contributed by atoms with van der Waals surface area (Å²) in [6.45, 7) is 0.371. The van der Waals surface area contributed by atoms with Gasteiger partial charge in [0.1, 0.15) is 0 Å². The van der Waals surface area contributed by atoms with Gasteiger partial charge in [0, 0.05) is 13.0 Å². The van der Waals surface area contributed by atoms with Crippen molar-refractivity contribution in [2.45, 2.75) is 19.3 Å². The Morgan fingerprint density at radius 3 is 2.46 bits per heavy atom. The van der Waals surface area contributed by atoms with Crippen LogP contribution in [0.5, 0.6) is 0 Å². The van der Waals surface area contributed by atoms with Gasteiger partial charge in [0.2, 0.25) is 10.0 Å². The molecular weight excluding hydrogens is 194 g/mol. The third-order valence-electron chi connectivity index (χ3n) is 1.40. The predicted octanol–water partition coefficient (Wildman–Crippen LogP) is -0.121. The second kappa shape index (κ2) is 5.93. The van der Waals surface area contributed by atoms with E-state index in [1.807, 2.05) is 0 Å². The predicted molar refractivity (Wildman–Crippen MR) is 48.7 cm³/mol. The van der Waals surface area contributed by atoms with Crippen LogP contribution < -0.4 is 4.72 Å². The fourth-order valence-corrected chi connectivity index (χ4v) is 1.27. The van der Waals surface area contributed by atoms with Gasteiger partial charge >= 0.3 is 5.97 Å². The van der Waals surface area contributed by atoms with Gasteiger partial charge in [-0.2, -0.15) is 0 Å². The molecule has 0 aromatic rings. The Kier molecular flexibility index (Phi) is 5.65. The Balaban J connectivity index is 3.33. The maximum Gasteiger partial charge on any atom is 0.305 e. The lowest BCUT2D eigenvalue weighted by Gasteiger charge is -2.01. The molecule has 0 aromatic heterocycles. The van der Waals surface area contributed by atoms with Gasteiger partial charge in [0.05, 0.1) is 13.4 Å². The molecule has 1 N–H and O–H groups in total. The minimum atomic E-state index is -3.10. The van der Waals surface area contributed by atoms with Crippen LogP contribution in [0.2, 0.25) is 0 Å². The molecule has 0 saturated carbocycles. The van der Waals surface area contributed by atoms with E-state index in [-0.39, 0.29) is 5.97 Å². The molecule has 0 amide bonds. The highest BCUT2D eigenvalue weighted by Gasteiger charge is 2.01. The zero-order chi connectivity index (χ0) is 10.3. The van der Waals surface area contributed by atoms with Crippen LogP contribution in [-0.2, 0) is 19.6 Å². The van der Waals surface area contributed by atoms with E-state index in [0.29, 0.717) is 25.8 Å². The van der Waals surface area contributed by atoms with Crippen LogP contribution >= 0.6 is 0 Å². The van der Waals surface area contributed by atoms with Crippen LogP contribution in [0.25, 0.3) is 0 Å². The second-order valence-corrected chi connectivity index (χ2v) is 4.53. The molecule has 13 heavy (non-hydrogen) atoms. The molecule has 0 aromatic carbocycles. The Morgan fingerprint density at radius 2 is 2.00 bits per heavy atom. The Hall–Kier alpha value is -0.620. The van der Waals surface area contributed by atoms with Gasteiger partial charge in [-0.05, 0) is 12.8 Å². The fourth-order valence-electron chi connectivity index (χ4n) is 0.754. The first-order chi connectivity index (χ1) is 5.95. The van der Waals surface area contributed by atoms with Gasteiger partial charge in [-0.25, -0.2) is 13.1 Å². The second-order valence-electron chi connectivity index (χ2n) is 2.70. The van der Waals surface area contributed by atoms with Gasteiger partial charge in [0.25, 0.3) is 0 Å². The zero-order valence-electron chi connectivity index (χ0n) is 7.87. The molecule has 0 fully saturated rings. The lowest BCUT2D eigenvalue weighted by molar-refractivity contribution is -0.140. The van der Waals surface area contributed by atoms with E-state index in [1.165, 1.54) is 7.11 Å². The number of ether oxygens (including phenoxy) is 1. The minimum absolute atomic E-state index is 0.264. The number of hydrogen-bond acceptors (Lipinski definition) is 4. The molecule has 5 nitrogen and oxygen atoms in total. The van der Waals surface area contributed by atoms with E-state index < -0.39 is 10.0 Å². The molecule has 0 aliphatic heterocycles. The Bertz CT molecular complexity index is 247. The molecule has 0 aliphatic rings. The third-order valence-corrected chi connectivity index (χ3v) is 2.13. The van der Waals surface area contributed by atoms with Crippen LogP contribution in [0, 0.1) is 0 Å². The van der Waals surface area contributed by atoms with Gasteiger partial charge in [-0.3, -0.25) is 4.79 Å². The smallest absolute Gasteiger partial charge is 0.305 e. The van der Waals surface area contributed by atoms with E-state index in [1.54, 1.807) is 0 Å². The van der Waals surface area contributed by atoms with Gasteiger partial charge in [-0.1, -0.05) is 0 Å². The van der Waals surface area contributed by atoms with Crippen molar-refractivity contribution < 1.29 is 17.9 Å². The molecule has 0 spiro atoms. The van der Waals surface area contributed by atoms with Gasteiger partial charge in [0.15, 0.2) is 0 Å². The fraction of sp³-hybridized carbons (Fsp3) is 0.857. The number of unbranched alkanes of at least 4 members (excludes halogenated alkanes) is 1. The number of sulfonamides is 1. The van der Waals surface area contributed by atoms with Gasteiger partial charge in [-0.15, -0.1) is 0 Å². The van der Waals surface area contributed by atoms with Crippen LogP contribution in [0.3, 0.4) is 0 Å². The lowest BCUT2D eigenvalue weighted by Crippen LogP contribution is -2.23. The average molecular weight is 209 g/mol. The monoisotopic (exact) mass is 209 g/mol. The number of methoxy groups -OCH3 is 1. The molecule has 78 valence electrons. The summed E-state index contributed by atoms with van der Waals surface area (Å²) in [6, 6.07) is 0. The molecule has 0 unspecified atom stereocenters. The first kappa shape index (κ1) is 12.4. The summed E-state index contributed by atoms with van der Waals surface area (Å²) in [6.07, 6.45) is 2.71. The van der Waals surface area contributed by atoms with Gasteiger partial charge < -0.3 is 4.74 Å². The largest absolute Gasteiger partial charge is 0.469 e. The topological polar surface area (TPSA) is 72.5 Å². The van der Waals surface area contributed by atoms with Crippen LogP contribution in [0.4, 0.5) is 0 Å². The van der Waals surface area contributed by atoms with E-state index in [4.69, 9.17) is 0 Å². The molecule has 0 radical (unpaired) electrons. The first-order valence-corrected chi connectivity index (χ1v) is 5.86. The summed E-state index contributed by atoms with van der Waals surface area (Å²) in [7, 11) is -1.77. The highest BCUT2D eigenvalue weighted by molar-refractivity contribution is 7.88. The van der Waals surface area contributed by atoms with Crippen molar-refractivity contribution in [1.29, 1.82) is 0 Å². The quantitative estimate of drug-likeness (QED) is 0.489. The Morgan fingerprint density at radius 1 is 1.38 bits per heavy atom. The standard InChI is InChI=1S/C7H15NO4S/c1-12-7(9)5-3-4-6-8-13(2,10)11/h8H,3-6H2,1-2H3. The maximum absolute atomic E-state index is 10.6. The number of carbonyl (C=O) groups is 1. The summed E-state index contributed by atoms with van der Waals surface area (Å²) in [5.41, 5.74) is 0. The molecule has 6 heteroatoms. The van der Waals surface area contributed by atoms with E-state index in [2.05, 4.69) is 9.46 Å². The van der Waals surface area contributed by atoms with Crippen molar-refractivity contribution in [2.24, 2.45) is 0 Å². The number of carbonyl (C=O) groups excluding carboxylic acids is 1. The summed E-state index contributed by atoms with van der Waals surface area (Å²) in [5, 5.41) is 0. The van der Waals surface area contributed by atoms with Crippen LogP contribution in [-0.4, -0.2) is 34.3 Å². The van der Waals surface area contributed by atoms with Crippen molar-refractivity contribution in [3.63, 3.8) is 0 Å². The van der Waals surface area contributed by atoms with Crippen molar-refractivity contribution in [3.05, 3.63) is 0 Å². The highest BCUT2D eigenvalue weighted by atomic mass is 32.2. The van der Waals surface area contributed by atoms with E-state index in [0.717, 1.165) is 6.26 Å². The number of nitrogens with one attached hydrogen (secondary N) is 1. The maximum atomic E-state index is 10.6. The molecule has 0 atom stereocenters. The van der Waals surface area contributed by atoms with Crippen molar-refractivity contribution in [2.75, 3.05) is 19.9 Å². The zero-order valence-corrected chi connectivity index (χ0v) is 8.69. The summed E-state index contributed by atoms with van der Waals surface area (Å²) >= 11 is 0. The first-order valence-electron chi connectivity index (χ1n) is 3.97. The van der Waals surface area contributed by atoms with E-state index >= 15 is 0 Å². The summed E-state index contributed by atoms with van der Waals surface area (Å²) in [5.74, 6) is -0.264. The van der Waals surface area contributed by atoms with Crippen molar-refractivity contribution in [3.8, 4) is 0 Å². The normalized spacial score (nSPS) is 11.2. The SMILES string of the molecule is COC(=O)CCCCNS(C)(=O)=O. The van der Waals surface area contributed by atoms with Crippen LogP contribution in [0.15, 0.2) is 0 Å². The van der Waals surface area contributed by atoms with Crippen molar-refractivity contribution >= 4 is 16.0 Å². The number of rotatable bonds is 6. The minimum Gasteiger partial charge on any atom is -0.469 e. The third kappa shape index (κ3) is 9.29. The van der Waals surface area contributed by atoms with E-state index in [9.17, 15) is 13.2 Å². The highest BCUT2D eigenvalue weighted by Crippen LogP contribution is 1.95.